The van der Waals surface area contributed by atoms with E-state index < -0.39 is 0 Å². The molecule has 0 saturated carbocycles. The smallest absolute Gasteiger partial charge is 0.223 e. The van der Waals surface area contributed by atoms with Crippen LogP contribution in [0, 0.1) is 5.92 Å². The van der Waals surface area contributed by atoms with Gasteiger partial charge in [0.2, 0.25) is 5.91 Å². The highest BCUT2D eigenvalue weighted by molar-refractivity contribution is 5.79. The Morgan fingerprint density at radius 2 is 1.96 bits per heavy atom. The van der Waals surface area contributed by atoms with Gasteiger partial charge in [-0.1, -0.05) is 0 Å². The average Bonchev–Trinajstić information content (AvgIpc) is 3.10. The Labute approximate surface area is 141 Å². The predicted octanol–water partition coefficient (Wildman–Crippen LogP) is 1.24. The van der Waals surface area contributed by atoms with Crippen LogP contribution in [0.25, 0.3) is 5.65 Å². The number of hydrogen-bond donors (Lipinski definition) is 1. The maximum atomic E-state index is 12.5. The van der Waals surface area contributed by atoms with Crippen LogP contribution in [0.15, 0.2) is 24.5 Å². The van der Waals surface area contributed by atoms with Crippen LogP contribution in [0.3, 0.4) is 0 Å². The SMILES string of the molecule is O=C(NC1CCOCC1)C1CCN(c2ccn3nccc3n2)CC1. The van der Waals surface area contributed by atoms with Gasteiger partial charge in [0.1, 0.15) is 5.82 Å². The van der Waals surface area contributed by atoms with Gasteiger partial charge in [-0.2, -0.15) is 5.10 Å². The Balaban J connectivity index is 1.33. The molecule has 0 aromatic carbocycles. The minimum absolute atomic E-state index is 0.114. The van der Waals surface area contributed by atoms with Crippen molar-refractivity contribution in [3.8, 4) is 0 Å². The van der Waals surface area contributed by atoms with Gasteiger partial charge >= 0.3 is 0 Å². The molecule has 2 aliphatic heterocycles. The van der Waals surface area contributed by atoms with Gasteiger partial charge in [0.15, 0.2) is 5.65 Å². The van der Waals surface area contributed by atoms with E-state index in [9.17, 15) is 4.79 Å². The molecule has 7 heteroatoms. The molecule has 2 saturated heterocycles. The molecule has 1 N–H and O–H groups in total. The molecule has 2 aliphatic rings. The van der Waals surface area contributed by atoms with Crippen LogP contribution in [0.1, 0.15) is 25.7 Å². The second kappa shape index (κ2) is 6.76. The molecule has 0 atom stereocenters. The van der Waals surface area contributed by atoms with Crippen molar-refractivity contribution in [3.63, 3.8) is 0 Å². The number of carbonyl (C=O) groups excluding carboxylic acids is 1. The number of amides is 1. The first-order valence-corrected chi connectivity index (χ1v) is 8.73. The number of piperidine rings is 1. The first-order chi connectivity index (χ1) is 11.8. The third-order valence-electron chi connectivity index (χ3n) is 5.00. The maximum Gasteiger partial charge on any atom is 0.223 e. The molecule has 0 aliphatic carbocycles. The summed E-state index contributed by atoms with van der Waals surface area (Å²) in [5, 5.41) is 7.37. The van der Waals surface area contributed by atoms with E-state index in [0.717, 1.165) is 63.5 Å². The van der Waals surface area contributed by atoms with Crippen molar-refractivity contribution in [2.24, 2.45) is 5.92 Å². The molecule has 4 rings (SSSR count). The molecular weight excluding hydrogens is 306 g/mol. The van der Waals surface area contributed by atoms with Gasteiger partial charge in [0, 0.05) is 50.5 Å². The largest absolute Gasteiger partial charge is 0.381 e. The number of aromatic nitrogens is 3. The monoisotopic (exact) mass is 329 g/mol. The van der Waals surface area contributed by atoms with E-state index in [2.05, 4.69) is 20.3 Å². The lowest BCUT2D eigenvalue weighted by Gasteiger charge is -2.33. The van der Waals surface area contributed by atoms with Crippen LogP contribution in [-0.2, 0) is 9.53 Å². The summed E-state index contributed by atoms with van der Waals surface area (Å²) in [6.45, 7) is 3.24. The Hall–Kier alpha value is -2.15. The molecule has 0 spiro atoms. The molecule has 128 valence electrons. The lowest BCUT2D eigenvalue weighted by molar-refractivity contribution is -0.126. The lowest BCUT2D eigenvalue weighted by Crippen LogP contribution is -2.45. The van der Waals surface area contributed by atoms with Crippen LogP contribution in [0.4, 0.5) is 5.82 Å². The van der Waals surface area contributed by atoms with Crippen LogP contribution in [0.2, 0.25) is 0 Å². The number of nitrogens with zero attached hydrogens (tertiary/aromatic N) is 4. The van der Waals surface area contributed by atoms with Crippen molar-refractivity contribution >= 4 is 17.4 Å². The Morgan fingerprint density at radius 1 is 1.17 bits per heavy atom. The van der Waals surface area contributed by atoms with Gasteiger partial charge in [-0.05, 0) is 31.7 Å². The van der Waals surface area contributed by atoms with E-state index in [0.29, 0.717) is 0 Å². The number of fused-ring (bicyclic) bond motifs is 1. The summed E-state index contributed by atoms with van der Waals surface area (Å²) in [5.74, 6) is 1.29. The van der Waals surface area contributed by atoms with E-state index in [4.69, 9.17) is 4.74 Å². The molecule has 2 fully saturated rings. The zero-order valence-corrected chi connectivity index (χ0v) is 13.7. The van der Waals surface area contributed by atoms with Gasteiger partial charge in [0.25, 0.3) is 0 Å². The highest BCUT2D eigenvalue weighted by atomic mass is 16.5. The van der Waals surface area contributed by atoms with Crippen LogP contribution < -0.4 is 10.2 Å². The fraction of sp³-hybridized carbons (Fsp3) is 0.588. The number of hydrogen-bond acceptors (Lipinski definition) is 5. The Morgan fingerprint density at radius 3 is 2.75 bits per heavy atom. The van der Waals surface area contributed by atoms with E-state index in [1.54, 1.807) is 10.7 Å². The highest BCUT2D eigenvalue weighted by Crippen LogP contribution is 2.23. The molecule has 0 unspecified atom stereocenters. The zero-order valence-electron chi connectivity index (χ0n) is 13.7. The summed E-state index contributed by atoms with van der Waals surface area (Å²) < 4.78 is 7.10. The van der Waals surface area contributed by atoms with E-state index >= 15 is 0 Å². The lowest BCUT2D eigenvalue weighted by atomic mass is 9.95. The van der Waals surface area contributed by atoms with Crippen LogP contribution in [0.5, 0.6) is 0 Å². The van der Waals surface area contributed by atoms with Crippen molar-refractivity contribution in [2.45, 2.75) is 31.7 Å². The van der Waals surface area contributed by atoms with Gasteiger partial charge in [-0.25, -0.2) is 9.50 Å². The summed E-state index contributed by atoms with van der Waals surface area (Å²) in [5.41, 5.74) is 0.854. The first-order valence-electron chi connectivity index (χ1n) is 8.73. The van der Waals surface area contributed by atoms with Gasteiger partial charge < -0.3 is 15.0 Å². The first kappa shape index (κ1) is 15.4. The molecule has 24 heavy (non-hydrogen) atoms. The maximum absolute atomic E-state index is 12.5. The molecule has 7 nitrogen and oxygen atoms in total. The number of ether oxygens (including phenoxy) is 1. The molecule has 2 aromatic heterocycles. The average molecular weight is 329 g/mol. The quantitative estimate of drug-likeness (QED) is 0.917. The number of anilines is 1. The van der Waals surface area contributed by atoms with Crippen LogP contribution in [-0.4, -0.2) is 52.9 Å². The van der Waals surface area contributed by atoms with Gasteiger partial charge in [0.05, 0.1) is 6.20 Å². The third-order valence-corrected chi connectivity index (χ3v) is 5.00. The fourth-order valence-electron chi connectivity index (χ4n) is 3.51. The van der Waals surface area contributed by atoms with Crippen molar-refractivity contribution in [3.05, 3.63) is 24.5 Å². The molecular formula is C17H23N5O2. The van der Waals surface area contributed by atoms with E-state index in [1.165, 1.54) is 0 Å². The zero-order chi connectivity index (χ0) is 16.4. The summed E-state index contributed by atoms with van der Waals surface area (Å²) in [6, 6.07) is 4.18. The predicted molar refractivity (Wildman–Crippen MR) is 89.9 cm³/mol. The fourth-order valence-corrected chi connectivity index (χ4v) is 3.51. The minimum Gasteiger partial charge on any atom is -0.381 e. The Kier molecular flexibility index (Phi) is 4.34. The van der Waals surface area contributed by atoms with Crippen molar-refractivity contribution in [1.82, 2.24) is 19.9 Å². The van der Waals surface area contributed by atoms with Crippen LogP contribution >= 0.6 is 0 Å². The standard InChI is InChI=1S/C17H23N5O2/c23-17(19-14-5-11-24-12-6-14)13-2-8-21(9-3-13)15-4-10-22-16(20-15)1-7-18-22/h1,4,7,10,13-14H,2-3,5-6,8-9,11-12H2,(H,19,23). The van der Waals surface area contributed by atoms with Crippen molar-refractivity contribution in [2.75, 3.05) is 31.2 Å². The minimum atomic E-state index is 0.114. The number of nitrogens with one attached hydrogen (secondary N) is 1. The molecule has 0 bridgehead atoms. The molecule has 0 radical (unpaired) electrons. The second-order valence-electron chi connectivity index (χ2n) is 6.58. The molecule has 2 aromatic rings. The number of carbonyl (C=O) groups is 1. The van der Waals surface area contributed by atoms with E-state index in [1.807, 2.05) is 18.3 Å². The second-order valence-corrected chi connectivity index (χ2v) is 6.58. The summed E-state index contributed by atoms with van der Waals surface area (Å²) in [7, 11) is 0. The normalized spacial score (nSPS) is 20.4. The molecule has 4 heterocycles. The highest BCUT2D eigenvalue weighted by Gasteiger charge is 2.27. The summed E-state index contributed by atoms with van der Waals surface area (Å²) in [4.78, 5) is 19.3. The van der Waals surface area contributed by atoms with Gasteiger partial charge in [-0.15, -0.1) is 0 Å². The van der Waals surface area contributed by atoms with E-state index in [-0.39, 0.29) is 17.9 Å². The van der Waals surface area contributed by atoms with Gasteiger partial charge in [-0.3, -0.25) is 4.79 Å². The Bertz CT molecular complexity index is 702. The summed E-state index contributed by atoms with van der Waals surface area (Å²) >= 11 is 0. The third kappa shape index (κ3) is 3.21. The topological polar surface area (TPSA) is 71.8 Å². The summed E-state index contributed by atoms with van der Waals surface area (Å²) in [6.07, 6.45) is 7.29. The number of rotatable bonds is 3. The van der Waals surface area contributed by atoms with Crippen molar-refractivity contribution in [1.29, 1.82) is 0 Å². The molecule has 1 amide bonds. The van der Waals surface area contributed by atoms with Crippen molar-refractivity contribution < 1.29 is 9.53 Å².